The van der Waals surface area contributed by atoms with Crippen LogP contribution in [0.25, 0.3) is 11.1 Å². The van der Waals surface area contributed by atoms with Crippen LogP contribution in [0.2, 0.25) is 0 Å². The van der Waals surface area contributed by atoms with Crippen molar-refractivity contribution < 1.29 is 14.3 Å². The van der Waals surface area contributed by atoms with Crippen molar-refractivity contribution in [2.75, 3.05) is 31.1 Å². The smallest absolute Gasteiger partial charge is 0.303 e. The minimum atomic E-state index is -0.838. The number of hydrogen-bond acceptors (Lipinski definition) is 5. The van der Waals surface area contributed by atoms with Gasteiger partial charge in [-0.25, -0.2) is 4.98 Å². The summed E-state index contributed by atoms with van der Waals surface area (Å²) in [6, 6.07) is 5.86. The number of nitrogens with one attached hydrogen (secondary N) is 1. The third-order valence-corrected chi connectivity index (χ3v) is 3.45. The van der Waals surface area contributed by atoms with Crippen LogP contribution in [0, 0.1) is 0 Å². The highest BCUT2D eigenvalue weighted by molar-refractivity contribution is 5.87. The number of benzene rings is 1. The van der Waals surface area contributed by atoms with Crippen LogP contribution in [0.5, 0.6) is 0 Å². The second-order valence-electron chi connectivity index (χ2n) is 4.86. The van der Waals surface area contributed by atoms with E-state index in [1.54, 1.807) is 0 Å². The van der Waals surface area contributed by atoms with Gasteiger partial charge in [-0.3, -0.25) is 4.79 Å². The fourth-order valence-corrected chi connectivity index (χ4v) is 2.46. The molecule has 0 aliphatic carbocycles. The summed E-state index contributed by atoms with van der Waals surface area (Å²) < 4.78 is 5.63. The maximum absolute atomic E-state index is 10.6. The minimum absolute atomic E-state index is 0.0375. The quantitative estimate of drug-likeness (QED) is 0.874. The van der Waals surface area contributed by atoms with E-state index in [0.717, 1.165) is 43.0 Å². The van der Waals surface area contributed by atoms with Crippen LogP contribution in [0.3, 0.4) is 0 Å². The largest absolute Gasteiger partial charge is 0.481 e. The molecule has 1 aliphatic rings. The number of fused-ring (bicyclic) bond motifs is 1. The third kappa shape index (κ3) is 2.60. The van der Waals surface area contributed by atoms with Crippen LogP contribution in [-0.2, 0) is 11.2 Å². The first kappa shape index (κ1) is 12.9. The summed E-state index contributed by atoms with van der Waals surface area (Å²) in [5, 5.41) is 12.0. The minimum Gasteiger partial charge on any atom is -0.481 e. The fraction of sp³-hybridized carbons (Fsp3) is 0.429. The van der Waals surface area contributed by atoms with Crippen molar-refractivity contribution >= 4 is 22.8 Å². The van der Waals surface area contributed by atoms with Gasteiger partial charge >= 0.3 is 5.97 Å². The lowest BCUT2D eigenvalue weighted by atomic mass is 10.2. The molecule has 6 heteroatoms. The van der Waals surface area contributed by atoms with E-state index >= 15 is 0 Å². The Labute approximate surface area is 116 Å². The highest BCUT2D eigenvalue weighted by atomic mass is 16.4. The Morgan fingerprint density at radius 2 is 2.20 bits per heavy atom. The zero-order valence-corrected chi connectivity index (χ0v) is 11.1. The number of para-hydroxylation sites is 1. The number of aliphatic carboxylic acids is 1. The molecule has 0 unspecified atom stereocenters. The number of aryl methyl sites for hydroxylation is 1. The third-order valence-electron chi connectivity index (χ3n) is 3.45. The predicted molar refractivity (Wildman–Crippen MR) is 75.0 cm³/mol. The number of aromatic nitrogens is 1. The van der Waals surface area contributed by atoms with Gasteiger partial charge in [-0.1, -0.05) is 6.07 Å². The topological polar surface area (TPSA) is 78.6 Å². The zero-order chi connectivity index (χ0) is 13.9. The van der Waals surface area contributed by atoms with Gasteiger partial charge in [0.25, 0.3) is 0 Å². The van der Waals surface area contributed by atoms with Gasteiger partial charge in [0.1, 0.15) is 5.52 Å². The van der Waals surface area contributed by atoms with Crippen molar-refractivity contribution in [2.45, 2.75) is 12.8 Å². The lowest BCUT2D eigenvalue weighted by Crippen LogP contribution is -2.43. The monoisotopic (exact) mass is 275 g/mol. The van der Waals surface area contributed by atoms with Crippen molar-refractivity contribution in [3.05, 3.63) is 24.1 Å². The zero-order valence-electron chi connectivity index (χ0n) is 11.1. The molecule has 1 saturated heterocycles. The van der Waals surface area contributed by atoms with Gasteiger partial charge in [0.05, 0.1) is 12.1 Å². The van der Waals surface area contributed by atoms with Crippen molar-refractivity contribution in [2.24, 2.45) is 0 Å². The van der Waals surface area contributed by atoms with Gasteiger partial charge in [-0.05, 0) is 12.1 Å². The van der Waals surface area contributed by atoms with Gasteiger partial charge in [0, 0.05) is 32.6 Å². The molecular formula is C14H17N3O3. The van der Waals surface area contributed by atoms with Gasteiger partial charge < -0.3 is 19.7 Å². The summed E-state index contributed by atoms with van der Waals surface area (Å²) in [4.78, 5) is 17.4. The molecule has 1 aromatic carbocycles. The molecule has 1 aliphatic heterocycles. The maximum Gasteiger partial charge on any atom is 0.303 e. The summed E-state index contributed by atoms with van der Waals surface area (Å²) in [5.74, 6) is -0.348. The van der Waals surface area contributed by atoms with Gasteiger partial charge in [-0.15, -0.1) is 0 Å². The van der Waals surface area contributed by atoms with E-state index in [0.29, 0.717) is 12.3 Å². The molecule has 1 fully saturated rings. The predicted octanol–water partition coefficient (Wildman–Crippen LogP) is 1.25. The maximum atomic E-state index is 10.6. The molecule has 3 rings (SSSR count). The van der Waals surface area contributed by atoms with E-state index in [1.807, 2.05) is 18.2 Å². The first-order valence-electron chi connectivity index (χ1n) is 6.80. The lowest BCUT2D eigenvalue weighted by Gasteiger charge is -2.29. The molecule has 0 atom stereocenters. The number of piperazine rings is 1. The average Bonchev–Trinajstić information content (AvgIpc) is 2.89. The molecule has 0 spiro atoms. The molecular weight excluding hydrogens is 258 g/mol. The Morgan fingerprint density at radius 1 is 1.40 bits per heavy atom. The van der Waals surface area contributed by atoms with Gasteiger partial charge in [0.15, 0.2) is 11.5 Å². The molecule has 1 aromatic heterocycles. The summed E-state index contributed by atoms with van der Waals surface area (Å²) in [7, 11) is 0. The molecule has 0 amide bonds. The van der Waals surface area contributed by atoms with Crippen LogP contribution in [0.4, 0.5) is 5.69 Å². The molecule has 20 heavy (non-hydrogen) atoms. The molecule has 0 radical (unpaired) electrons. The van der Waals surface area contributed by atoms with Crippen LogP contribution >= 0.6 is 0 Å². The summed E-state index contributed by atoms with van der Waals surface area (Å²) in [6.07, 6.45) is 0.362. The normalized spacial score (nSPS) is 15.7. The standard InChI is InChI=1S/C14H17N3O3/c18-13(19)5-4-12-16-14-10(2-1-3-11(14)20-12)17-8-6-15-7-9-17/h1-3,15H,4-9H2,(H,18,19). The fourth-order valence-electron chi connectivity index (χ4n) is 2.46. The van der Waals surface area contributed by atoms with Crippen molar-refractivity contribution in [3.63, 3.8) is 0 Å². The first-order valence-corrected chi connectivity index (χ1v) is 6.80. The van der Waals surface area contributed by atoms with E-state index < -0.39 is 5.97 Å². The first-order chi connectivity index (χ1) is 9.74. The van der Waals surface area contributed by atoms with Crippen molar-refractivity contribution in [1.29, 1.82) is 0 Å². The Hall–Kier alpha value is -2.08. The second kappa shape index (κ2) is 5.50. The molecule has 0 saturated carbocycles. The molecule has 106 valence electrons. The average molecular weight is 275 g/mol. The Morgan fingerprint density at radius 3 is 2.95 bits per heavy atom. The molecule has 2 heterocycles. The second-order valence-corrected chi connectivity index (χ2v) is 4.86. The van der Waals surface area contributed by atoms with Crippen LogP contribution < -0.4 is 10.2 Å². The molecule has 6 nitrogen and oxygen atoms in total. The number of rotatable bonds is 4. The number of carboxylic acids is 1. The van der Waals surface area contributed by atoms with Crippen molar-refractivity contribution in [3.8, 4) is 0 Å². The van der Waals surface area contributed by atoms with E-state index in [4.69, 9.17) is 9.52 Å². The lowest BCUT2D eigenvalue weighted by molar-refractivity contribution is -0.137. The highest BCUT2D eigenvalue weighted by Gasteiger charge is 2.17. The molecule has 2 aromatic rings. The van der Waals surface area contributed by atoms with E-state index in [-0.39, 0.29) is 6.42 Å². The SMILES string of the molecule is O=C(O)CCc1nc2c(N3CCNCC3)cccc2o1. The number of oxazole rings is 1. The Bertz CT molecular complexity index is 617. The summed E-state index contributed by atoms with van der Waals surface area (Å²) >= 11 is 0. The van der Waals surface area contributed by atoms with Crippen LogP contribution in [0.15, 0.2) is 22.6 Å². The Balaban J connectivity index is 1.90. The van der Waals surface area contributed by atoms with E-state index in [2.05, 4.69) is 15.2 Å². The number of anilines is 1. The van der Waals surface area contributed by atoms with Crippen LogP contribution in [-0.4, -0.2) is 42.2 Å². The number of hydrogen-bond donors (Lipinski definition) is 2. The summed E-state index contributed by atoms with van der Waals surface area (Å²) in [5.41, 5.74) is 2.62. The van der Waals surface area contributed by atoms with Gasteiger partial charge in [0.2, 0.25) is 0 Å². The summed E-state index contributed by atoms with van der Waals surface area (Å²) in [6.45, 7) is 3.80. The van der Waals surface area contributed by atoms with Gasteiger partial charge in [-0.2, -0.15) is 0 Å². The van der Waals surface area contributed by atoms with Crippen molar-refractivity contribution in [1.82, 2.24) is 10.3 Å². The number of carboxylic acid groups (broad SMARTS) is 1. The number of nitrogens with zero attached hydrogens (tertiary/aromatic N) is 2. The molecule has 2 N–H and O–H groups in total. The van der Waals surface area contributed by atoms with Crippen LogP contribution in [0.1, 0.15) is 12.3 Å². The molecule has 0 bridgehead atoms. The highest BCUT2D eigenvalue weighted by Crippen LogP contribution is 2.27. The van der Waals surface area contributed by atoms with E-state index in [9.17, 15) is 4.79 Å². The Kier molecular flexibility index (Phi) is 3.56. The number of carbonyl (C=O) groups is 1. The van der Waals surface area contributed by atoms with E-state index in [1.165, 1.54) is 0 Å².